The molecule has 2 aromatic rings. The van der Waals surface area contributed by atoms with E-state index in [9.17, 15) is 13.0 Å². The van der Waals surface area contributed by atoms with Crippen LogP contribution < -0.4 is 0 Å². The van der Waals surface area contributed by atoms with Crippen molar-refractivity contribution in [2.45, 2.75) is 16.5 Å². The Labute approximate surface area is 113 Å². The summed E-state index contributed by atoms with van der Waals surface area (Å²) < 4.78 is 42.7. The van der Waals surface area contributed by atoms with Gasteiger partial charge in [0, 0.05) is 5.56 Å². The van der Waals surface area contributed by atoms with Crippen LogP contribution in [0.1, 0.15) is 10.6 Å². The zero-order valence-electron chi connectivity index (χ0n) is 8.90. The largest absolute Gasteiger partial charge is 0.254 e. The van der Waals surface area contributed by atoms with E-state index in [1.54, 1.807) is 0 Å². The lowest BCUT2D eigenvalue weighted by molar-refractivity contribution is 0.565. The maximum atomic E-state index is 13.6. The third-order valence-corrected chi connectivity index (χ3v) is 4.62. The average Bonchev–Trinajstić information content (AvgIpc) is 2.84. The molecule has 96 valence electrons. The quantitative estimate of drug-likeness (QED) is 0.816. The van der Waals surface area contributed by atoms with Gasteiger partial charge in [-0.05, 0) is 23.7 Å². The molecule has 0 N–H and O–H groups in total. The summed E-state index contributed by atoms with van der Waals surface area (Å²) in [6.45, 7) is 0. The molecule has 2 rings (SSSR count). The first-order valence-electron chi connectivity index (χ1n) is 4.79. The van der Waals surface area contributed by atoms with Gasteiger partial charge in [-0.25, -0.2) is 13.8 Å². The normalized spacial score (nSPS) is 12.6. The van der Waals surface area contributed by atoms with Crippen molar-refractivity contribution in [3.05, 3.63) is 40.7 Å². The molecule has 0 spiro atoms. The SMILES string of the molecule is O=S(Cc1ncns1)c1cc(F)c(CCl)cc1F. The topological polar surface area (TPSA) is 42.9 Å². The molecule has 1 aromatic heterocycles. The lowest BCUT2D eigenvalue weighted by Gasteiger charge is -2.05. The summed E-state index contributed by atoms with van der Waals surface area (Å²) in [6, 6.07) is 1.89. The van der Waals surface area contributed by atoms with E-state index in [0.717, 1.165) is 23.7 Å². The maximum absolute atomic E-state index is 13.6. The van der Waals surface area contributed by atoms with E-state index >= 15 is 0 Å². The monoisotopic (exact) mass is 308 g/mol. The second kappa shape index (κ2) is 5.81. The highest BCUT2D eigenvalue weighted by atomic mass is 35.5. The van der Waals surface area contributed by atoms with Crippen LogP contribution in [0.15, 0.2) is 23.4 Å². The van der Waals surface area contributed by atoms with Gasteiger partial charge in [0.15, 0.2) is 0 Å². The van der Waals surface area contributed by atoms with Crippen molar-refractivity contribution in [3.63, 3.8) is 0 Å². The number of hydrogen-bond acceptors (Lipinski definition) is 4. The van der Waals surface area contributed by atoms with Crippen LogP contribution in [-0.4, -0.2) is 13.6 Å². The summed E-state index contributed by atoms with van der Waals surface area (Å²) in [4.78, 5) is 3.66. The fourth-order valence-electron chi connectivity index (χ4n) is 1.30. The lowest BCUT2D eigenvalue weighted by Crippen LogP contribution is -2.02. The number of hydrogen-bond donors (Lipinski definition) is 0. The fraction of sp³-hybridized carbons (Fsp3) is 0.200. The van der Waals surface area contributed by atoms with Gasteiger partial charge >= 0.3 is 0 Å². The van der Waals surface area contributed by atoms with Crippen molar-refractivity contribution in [2.24, 2.45) is 0 Å². The van der Waals surface area contributed by atoms with Crippen LogP contribution >= 0.6 is 23.1 Å². The number of alkyl halides is 1. The molecule has 0 saturated carbocycles. The Balaban J connectivity index is 2.28. The van der Waals surface area contributed by atoms with E-state index in [2.05, 4.69) is 9.36 Å². The minimum absolute atomic E-state index is 0.0151. The Morgan fingerprint density at radius 3 is 2.72 bits per heavy atom. The Bertz CT molecular complexity index is 578. The van der Waals surface area contributed by atoms with Gasteiger partial charge in [-0.1, -0.05) is 0 Å². The maximum Gasteiger partial charge on any atom is 0.139 e. The van der Waals surface area contributed by atoms with Crippen molar-refractivity contribution >= 4 is 33.9 Å². The van der Waals surface area contributed by atoms with Gasteiger partial charge in [0.1, 0.15) is 23.0 Å². The van der Waals surface area contributed by atoms with Gasteiger partial charge < -0.3 is 0 Å². The summed E-state index contributed by atoms with van der Waals surface area (Å²) in [6.07, 6.45) is 1.32. The van der Waals surface area contributed by atoms with Gasteiger partial charge in [-0.15, -0.1) is 11.6 Å². The zero-order chi connectivity index (χ0) is 13.1. The Morgan fingerprint density at radius 2 is 2.11 bits per heavy atom. The Hall–Kier alpha value is -0.920. The highest BCUT2D eigenvalue weighted by Gasteiger charge is 2.16. The lowest BCUT2D eigenvalue weighted by atomic mass is 10.2. The molecular formula is C10H7ClF2N2OS2. The second-order valence-electron chi connectivity index (χ2n) is 3.33. The first-order chi connectivity index (χ1) is 8.61. The molecule has 0 radical (unpaired) electrons. The molecule has 1 atom stereocenters. The Morgan fingerprint density at radius 1 is 1.33 bits per heavy atom. The molecule has 0 aliphatic rings. The van der Waals surface area contributed by atoms with Crippen molar-refractivity contribution in [1.82, 2.24) is 9.36 Å². The molecule has 0 amide bonds. The number of nitrogens with zero attached hydrogens (tertiary/aromatic N) is 2. The summed E-state index contributed by atoms with van der Waals surface area (Å²) in [5.74, 6) is -1.50. The van der Waals surface area contributed by atoms with E-state index in [1.165, 1.54) is 6.33 Å². The minimum atomic E-state index is -1.70. The van der Waals surface area contributed by atoms with Crippen LogP contribution in [0.25, 0.3) is 0 Å². The zero-order valence-corrected chi connectivity index (χ0v) is 11.3. The van der Waals surface area contributed by atoms with Crippen molar-refractivity contribution in [2.75, 3.05) is 0 Å². The van der Waals surface area contributed by atoms with E-state index in [-0.39, 0.29) is 22.1 Å². The van der Waals surface area contributed by atoms with Crippen LogP contribution in [0.4, 0.5) is 8.78 Å². The minimum Gasteiger partial charge on any atom is -0.254 e. The fourth-order valence-corrected chi connectivity index (χ4v) is 3.31. The van der Waals surface area contributed by atoms with E-state index < -0.39 is 22.4 Å². The third kappa shape index (κ3) is 2.90. The predicted molar refractivity (Wildman–Crippen MR) is 65.9 cm³/mol. The van der Waals surface area contributed by atoms with Crippen LogP contribution in [-0.2, 0) is 22.4 Å². The summed E-state index contributed by atoms with van der Waals surface area (Å²) in [5.41, 5.74) is 0.0471. The van der Waals surface area contributed by atoms with Gasteiger partial charge in [0.25, 0.3) is 0 Å². The van der Waals surface area contributed by atoms with Gasteiger partial charge in [-0.2, -0.15) is 4.37 Å². The standard InChI is InChI=1S/C10H7ClF2N2OS2/c11-3-6-1-8(13)9(2-7(6)12)18(16)4-10-14-5-15-17-10/h1-2,5H,3-4H2. The molecule has 8 heteroatoms. The summed E-state index contributed by atoms with van der Waals surface area (Å²) >= 11 is 6.52. The highest BCUT2D eigenvalue weighted by Crippen LogP contribution is 2.21. The van der Waals surface area contributed by atoms with Crippen LogP contribution in [0.2, 0.25) is 0 Å². The molecule has 0 aliphatic heterocycles. The molecule has 0 bridgehead atoms. The molecular weight excluding hydrogens is 302 g/mol. The highest BCUT2D eigenvalue weighted by molar-refractivity contribution is 7.84. The molecule has 1 aromatic carbocycles. The van der Waals surface area contributed by atoms with Crippen LogP contribution in [0, 0.1) is 11.6 Å². The van der Waals surface area contributed by atoms with Gasteiger partial charge in [-0.3, -0.25) is 4.21 Å². The molecule has 0 saturated heterocycles. The predicted octanol–water partition coefficient (Wildman–Crippen LogP) is 2.86. The van der Waals surface area contributed by atoms with Gasteiger partial charge in [0.05, 0.1) is 27.3 Å². The van der Waals surface area contributed by atoms with E-state index in [0.29, 0.717) is 5.01 Å². The first kappa shape index (κ1) is 13.5. The average molecular weight is 309 g/mol. The Kier molecular flexibility index (Phi) is 4.36. The van der Waals surface area contributed by atoms with Crippen LogP contribution in [0.3, 0.4) is 0 Å². The molecule has 0 fully saturated rings. The third-order valence-electron chi connectivity index (χ3n) is 2.15. The van der Waals surface area contributed by atoms with Crippen molar-refractivity contribution < 1.29 is 13.0 Å². The number of rotatable bonds is 4. The smallest absolute Gasteiger partial charge is 0.139 e. The molecule has 18 heavy (non-hydrogen) atoms. The van der Waals surface area contributed by atoms with Crippen LogP contribution in [0.5, 0.6) is 0 Å². The van der Waals surface area contributed by atoms with Crippen molar-refractivity contribution in [3.8, 4) is 0 Å². The molecule has 3 nitrogen and oxygen atoms in total. The first-order valence-corrected chi connectivity index (χ1v) is 7.42. The van der Waals surface area contributed by atoms with E-state index in [1.807, 2.05) is 0 Å². The molecule has 1 unspecified atom stereocenters. The van der Waals surface area contributed by atoms with E-state index in [4.69, 9.17) is 11.6 Å². The molecule has 0 aliphatic carbocycles. The second-order valence-corrected chi connectivity index (χ2v) is 5.88. The molecule has 1 heterocycles. The van der Waals surface area contributed by atoms with Crippen molar-refractivity contribution in [1.29, 1.82) is 0 Å². The number of benzene rings is 1. The number of halogens is 3. The van der Waals surface area contributed by atoms with Gasteiger partial charge in [0.2, 0.25) is 0 Å². The summed E-state index contributed by atoms with van der Waals surface area (Å²) in [7, 11) is -1.70. The summed E-state index contributed by atoms with van der Waals surface area (Å²) in [5, 5.41) is 0.509. The number of aromatic nitrogens is 2.